The zero-order chi connectivity index (χ0) is 17.2. The highest BCUT2D eigenvalue weighted by Gasteiger charge is 2.01. The first-order chi connectivity index (χ1) is 11.7. The van der Waals surface area contributed by atoms with E-state index in [1.165, 1.54) is 0 Å². The van der Waals surface area contributed by atoms with Gasteiger partial charge in [0.1, 0.15) is 24.7 Å². The highest BCUT2D eigenvalue weighted by Crippen LogP contribution is 2.22. The lowest BCUT2D eigenvalue weighted by Crippen LogP contribution is -2.31. The molecule has 0 saturated heterocycles. The fourth-order valence-electron chi connectivity index (χ4n) is 1.88. The number of halogens is 1. The van der Waals surface area contributed by atoms with Gasteiger partial charge in [-0.3, -0.25) is 0 Å². The molecule has 0 aliphatic rings. The molecule has 2 N–H and O–H groups in total. The first kappa shape index (κ1) is 18.1. The zero-order valence-corrected chi connectivity index (χ0v) is 14.7. The number of ether oxygens (including phenoxy) is 2. The van der Waals surface area contributed by atoms with Gasteiger partial charge in [0.2, 0.25) is 0 Å². The van der Waals surface area contributed by atoms with Gasteiger partial charge in [0.05, 0.1) is 11.6 Å². The van der Waals surface area contributed by atoms with Crippen LogP contribution in [-0.4, -0.2) is 24.9 Å². The van der Waals surface area contributed by atoms with E-state index in [0.717, 1.165) is 11.4 Å². The van der Waals surface area contributed by atoms with Crippen LogP contribution in [0.1, 0.15) is 0 Å². The van der Waals surface area contributed by atoms with E-state index in [1.54, 1.807) is 12.1 Å². The first-order valence-corrected chi connectivity index (χ1v) is 8.23. The van der Waals surface area contributed by atoms with Crippen molar-refractivity contribution in [2.24, 2.45) is 0 Å². The van der Waals surface area contributed by atoms with E-state index >= 15 is 0 Å². The molecule has 2 rings (SSSR count). The number of thiocarbonyl (C=S) groups is 1. The first-order valence-electron chi connectivity index (χ1n) is 7.45. The van der Waals surface area contributed by atoms with Gasteiger partial charge >= 0.3 is 0 Å². The molecule has 0 unspecified atom stereocenters. The standard InChI is InChI=1S/C18H19ClN2O2S/c1-2-11-22-15-7-5-6-14(13-15)21-18(24)20-10-12-23-17-9-4-3-8-16(17)19/h2-9,13H,1,10-12H2,(H2,20,21,24). The Morgan fingerprint density at radius 1 is 1.17 bits per heavy atom. The average molecular weight is 363 g/mol. The second kappa shape index (κ2) is 9.80. The summed E-state index contributed by atoms with van der Waals surface area (Å²) in [7, 11) is 0. The monoisotopic (exact) mass is 362 g/mol. The molecule has 4 nitrogen and oxygen atoms in total. The topological polar surface area (TPSA) is 42.5 Å². The third-order valence-electron chi connectivity index (χ3n) is 2.94. The molecule has 0 bridgehead atoms. The smallest absolute Gasteiger partial charge is 0.170 e. The van der Waals surface area contributed by atoms with Crippen LogP contribution in [0.3, 0.4) is 0 Å². The van der Waals surface area contributed by atoms with Crippen LogP contribution < -0.4 is 20.1 Å². The van der Waals surface area contributed by atoms with Gasteiger partial charge in [-0.05, 0) is 36.5 Å². The summed E-state index contributed by atoms with van der Waals surface area (Å²) in [5, 5.41) is 7.29. The summed E-state index contributed by atoms with van der Waals surface area (Å²) in [4.78, 5) is 0. The molecular weight excluding hydrogens is 344 g/mol. The molecule has 2 aromatic carbocycles. The van der Waals surface area contributed by atoms with Crippen molar-refractivity contribution in [3.63, 3.8) is 0 Å². The molecule has 126 valence electrons. The Hall–Kier alpha value is -2.24. The molecule has 0 atom stereocenters. The van der Waals surface area contributed by atoms with Gasteiger partial charge < -0.3 is 20.1 Å². The molecule has 0 heterocycles. The minimum Gasteiger partial charge on any atom is -0.490 e. The maximum absolute atomic E-state index is 6.02. The van der Waals surface area contributed by atoms with Crippen LogP contribution in [0.25, 0.3) is 0 Å². The molecule has 6 heteroatoms. The lowest BCUT2D eigenvalue weighted by Gasteiger charge is -2.12. The van der Waals surface area contributed by atoms with Crippen LogP contribution in [0.4, 0.5) is 5.69 Å². The van der Waals surface area contributed by atoms with Crippen LogP contribution in [0, 0.1) is 0 Å². The van der Waals surface area contributed by atoms with E-state index in [4.69, 9.17) is 33.3 Å². The molecular formula is C18H19ClN2O2S. The van der Waals surface area contributed by atoms with Gasteiger partial charge in [-0.15, -0.1) is 0 Å². The normalized spacial score (nSPS) is 9.88. The third-order valence-corrected chi connectivity index (χ3v) is 3.50. The Bertz CT molecular complexity index is 694. The predicted octanol–water partition coefficient (Wildman–Crippen LogP) is 4.27. The van der Waals surface area contributed by atoms with Crippen LogP contribution in [-0.2, 0) is 0 Å². The second-order valence-corrected chi connectivity index (χ2v) is 5.60. The second-order valence-electron chi connectivity index (χ2n) is 4.79. The van der Waals surface area contributed by atoms with E-state index in [-0.39, 0.29) is 0 Å². The van der Waals surface area contributed by atoms with Crippen LogP contribution >= 0.6 is 23.8 Å². The SMILES string of the molecule is C=CCOc1cccc(NC(=S)NCCOc2ccccc2Cl)c1. The minimum absolute atomic E-state index is 0.452. The van der Waals surface area contributed by atoms with Gasteiger partial charge in [0.25, 0.3) is 0 Å². The van der Waals surface area contributed by atoms with Gasteiger partial charge in [-0.1, -0.05) is 42.5 Å². The fourth-order valence-corrected chi connectivity index (χ4v) is 2.29. The highest BCUT2D eigenvalue weighted by atomic mass is 35.5. The van der Waals surface area contributed by atoms with Gasteiger partial charge in [-0.25, -0.2) is 0 Å². The summed E-state index contributed by atoms with van der Waals surface area (Å²) in [6.07, 6.45) is 1.70. The van der Waals surface area contributed by atoms with Crippen molar-refractivity contribution >= 4 is 34.6 Å². The van der Waals surface area contributed by atoms with Gasteiger partial charge in [0, 0.05) is 11.8 Å². The number of hydrogen-bond donors (Lipinski definition) is 2. The number of rotatable bonds is 8. The Morgan fingerprint density at radius 3 is 2.79 bits per heavy atom. The number of para-hydroxylation sites is 1. The Balaban J connectivity index is 1.73. The molecule has 0 radical (unpaired) electrons. The molecule has 0 aliphatic carbocycles. The summed E-state index contributed by atoms with van der Waals surface area (Å²) in [5.41, 5.74) is 0.848. The summed E-state index contributed by atoms with van der Waals surface area (Å²) >= 11 is 11.3. The summed E-state index contributed by atoms with van der Waals surface area (Å²) in [5.74, 6) is 1.41. The molecule has 0 fully saturated rings. The van der Waals surface area contributed by atoms with Gasteiger partial charge in [-0.2, -0.15) is 0 Å². The van der Waals surface area contributed by atoms with Crippen molar-refractivity contribution < 1.29 is 9.47 Å². The Kier molecular flexibility index (Phi) is 7.39. The fraction of sp³-hybridized carbons (Fsp3) is 0.167. The molecule has 0 amide bonds. The van der Waals surface area contributed by atoms with Crippen molar-refractivity contribution in [1.82, 2.24) is 5.32 Å². The zero-order valence-electron chi connectivity index (χ0n) is 13.1. The van der Waals surface area contributed by atoms with E-state index in [9.17, 15) is 0 Å². The summed E-state index contributed by atoms with van der Waals surface area (Å²) in [6, 6.07) is 14.9. The maximum atomic E-state index is 6.02. The predicted molar refractivity (Wildman–Crippen MR) is 103 cm³/mol. The van der Waals surface area contributed by atoms with Crippen molar-refractivity contribution in [2.75, 3.05) is 25.1 Å². The van der Waals surface area contributed by atoms with Gasteiger partial charge in [0.15, 0.2) is 5.11 Å². The van der Waals surface area contributed by atoms with E-state index in [1.807, 2.05) is 42.5 Å². The van der Waals surface area contributed by atoms with E-state index in [0.29, 0.717) is 35.6 Å². The van der Waals surface area contributed by atoms with E-state index < -0.39 is 0 Å². The summed E-state index contributed by atoms with van der Waals surface area (Å²) in [6.45, 7) is 5.10. The van der Waals surface area contributed by atoms with Crippen LogP contribution in [0.15, 0.2) is 61.2 Å². The highest BCUT2D eigenvalue weighted by molar-refractivity contribution is 7.80. The van der Waals surface area contributed by atoms with Crippen molar-refractivity contribution in [3.8, 4) is 11.5 Å². The number of nitrogens with one attached hydrogen (secondary N) is 2. The van der Waals surface area contributed by atoms with Crippen LogP contribution in [0.5, 0.6) is 11.5 Å². The quantitative estimate of drug-likeness (QED) is 0.417. The number of hydrogen-bond acceptors (Lipinski definition) is 3. The summed E-state index contributed by atoms with van der Waals surface area (Å²) < 4.78 is 11.1. The lowest BCUT2D eigenvalue weighted by atomic mass is 10.3. The molecule has 0 aliphatic heterocycles. The molecule has 0 spiro atoms. The molecule has 0 aromatic heterocycles. The van der Waals surface area contributed by atoms with Crippen LogP contribution in [0.2, 0.25) is 5.02 Å². The maximum Gasteiger partial charge on any atom is 0.170 e. The molecule has 2 aromatic rings. The third kappa shape index (κ3) is 6.10. The average Bonchev–Trinajstić information content (AvgIpc) is 2.58. The van der Waals surface area contributed by atoms with Crippen molar-refractivity contribution in [3.05, 3.63) is 66.2 Å². The number of benzene rings is 2. The molecule has 24 heavy (non-hydrogen) atoms. The molecule has 0 saturated carbocycles. The Morgan fingerprint density at radius 2 is 2.00 bits per heavy atom. The van der Waals surface area contributed by atoms with Crippen molar-refractivity contribution in [1.29, 1.82) is 0 Å². The van der Waals surface area contributed by atoms with Crippen molar-refractivity contribution in [2.45, 2.75) is 0 Å². The minimum atomic E-state index is 0.452. The van der Waals surface area contributed by atoms with E-state index in [2.05, 4.69) is 17.2 Å². The Labute approximate surface area is 152 Å². The number of anilines is 1. The largest absolute Gasteiger partial charge is 0.490 e. The lowest BCUT2D eigenvalue weighted by molar-refractivity contribution is 0.323.